The summed E-state index contributed by atoms with van der Waals surface area (Å²) >= 11 is 0. The van der Waals surface area contributed by atoms with Crippen molar-refractivity contribution in [2.24, 2.45) is 4.74 Å². The molecule has 0 aliphatic carbocycles. The summed E-state index contributed by atoms with van der Waals surface area (Å²) in [6.45, 7) is 7.41. The topological polar surface area (TPSA) is 34.1 Å². The van der Waals surface area contributed by atoms with Crippen LogP contribution in [0.25, 0.3) is 0 Å². The fourth-order valence-corrected chi connectivity index (χ4v) is 7.48. The van der Waals surface area contributed by atoms with Crippen LogP contribution in [0.15, 0.2) is 95.1 Å². The van der Waals surface area contributed by atoms with Crippen molar-refractivity contribution in [2.75, 3.05) is 25.7 Å². The van der Waals surface area contributed by atoms with E-state index in [2.05, 4.69) is 87.1 Å². The smallest absolute Gasteiger partial charge is 0.144 e. The summed E-state index contributed by atoms with van der Waals surface area (Å²) in [5.74, 6) is 3.08. The van der Waals surface area contributed by atoms with Crippen LogP contribution in [0.1, 0.15) is 39.2 Å². The number of likely N-dealkylation sites (N-methyl/N-ethyl adjacent to an activating group) is 1. The van der Waals surface area contributed by atoms with Gasteiger partial charge in [0.15, 0.2) is 0 Å². The van der Waals surface area contributed by atoms with E-state index in [0.29, 0.717) is 6.61 Å². The lowest BCUT2D eigenvalue weighted by Crippen LogP contribution is -2.23. The van der Waals surface area contributed by atoms with Crippen LogP contribution >= 0.6 is 7.28 Å². The van der Waals surface area contributed by atoms with E-state index < -0.39 is 7.28 Å². The number of methoxy groups -OCH3 is 1. The van der Waals surface area contributed by atoms with Gasteiger partial charge in [-0.3, -0.25) is 0 Å². The molecule has 1 unspecified atom stereocenters. The molecule has 178 valence electrons. The zero-order valence-corrected chi connectivity index (χ0v) is 21.8. The average molecular weight is 475 g/mol. The molecule has 3 aromatic carbocycles. The number of rotatable bonds is 8. The van der Waals surface area contributed by atoms with Gasteiger partial charge in [-0.1, -0.05) is 87.9 Å². The Bertz CT molecular complexity index is 1220. The van der Waals surface area contributed by atoms with Crippen LogP contribution in [-0.2, 0) is 9.94 Å². The number of para-hydroxylation sites is 2. The molecule has 0 amide bonds. The fourth-order valence-electron chi connectivity index (χ4n) is 4.56. The van der Waals surface area contributed by atoms with E-state index >= 15 is 0 Å². The van der Waals surface area contributed by atoms with Gasteiger partial charge in [-0.15, -0.1) is 0 Å². The summed E-state index contributed by atoms with van der Waals surface area (Å²) in [7, 11) is 1.25. The SMILES string of the molecule is CCCCOP(C=C1N(C)c2ccccc2C1(C)C)(=Nc1ccccc1OC)c1ccccc1. The third-order valence-corrected chi connectivity index (χ3v) is 9.21. The molecule has 4 nitrogen and oxygen atoms in total. The highest BCUT2D eigenvalue weighted by molar-refractivity contribution is 7.72. The molecule has 0 saturated carbocycles. The predicted octanol–water partition coefficient (Wildman–Crippen LogP) is 7.85. The first kappa shape index (κ1) is 24.3. The number of nitrogens with zero attached hydrogens (tertiary/aromatic N) is 2. The molecule has 0 saturated heterocycles. The zero-order chi connectivity index (χ0) is 24.2. The van der Waals surface area contributed by atoms with Crippen LogP contribution in [0.4, 0.5) is 11.4 Å². The highest BCUT2D eigenvalue weighted by atomic mass is 31.2. The second-order valence-electron chi connectivity index (χ2n) is 9.13. The normalized spacial score (nSPS) is 17.3. The van der Waals surface area contributed by atoms with Crippen molar-refractivity contribution in [2.45, 2.75) is 39.0 Å². The third kappa shape index (κ3) is 4.58. The van der Waals surface area contributed by atoms with Crippen LogP contribution in [0.2, 0.25) is 0 Å². The van der Waals surface area contributed by atoms with Crippen molar-refractivity contribution < 1.29 is 9.26 Å². The predicted molar refractivity (Wildman–Crippen MR) is 145 cm³/mol. The van der Waals surface area contributed by atoms with Gasteiger partial charge in [0.05, 0.1) is 13.7 Å². The second-order valence-corrected chi connectivity index (χ2v) is 11.6. The molecule has 0 fully saturated rings. The van der Waals surface area contributed by atoms with Crippen LogP contribution in [0.5, 0.6) is 5.75 Å². The lowest BCUT2D eigenvalue weighted by atomic mass is 9.84. The molecule has 4 rings (SSSR count). The number of hydrogen-bond donors (Lipinski definition) is 0. The number of anilines is 1. The Morgan fingerprint density at radius 2 is 1.62 bits per heavy atom. The van der Waals surface area contributed by atoms with Gasteiger partial charge in [0.2, 0.25) is 0 Å². The van der Waals surface area contributed by atoms with Gasteiger partial charge < -0.3 is 14.2 Å². The summed E-state index contributed by atoms with van der Waals surface area (Å²) < 4.78 is 17.9. The van der Waals surface area contributed by atoms with Crippen molar-refractivity contribution >= 4 is 24.0 Å². The summed E-state index contributed by atoms with van der Waals surface area (Å²) in [5, 5.41) is 1.10. The van der Waals surface area contributed by atoms with Crippen molar-refractivity contribution in [1.29, 1.82) is 0 Å². The summed E-state index contributed by atoms with van der Waals surface area (Å²) in [4.78, 5) is 2.30. The number of benzene rings is 3. The number of hydrogen-bond acceptors (Lipinski definition) is 4. The van der Waals surface area contributed by atoms with E-state index in [4.69, 9.17) is 14.0 Å². The quantitative estimate of drug-likeness (QED) is 0.246. The Kier molecular flexibility index (Phi) is 7.30. The first-order valence-electron chi connectivity index (χ1n) is 11.9. The molecule has 0 bridgehead atoms. The second kappa shape index (κ2) is 10.2. The number of fused-ring (bicyclic) bond motifs is 1. The summed E-state index contributed by atoms with van der Waals surface area (Å²) in [5.41, 5.74) is 4.40. The third-order valence-electron chi connectivity index (χ3n) is 6.49. The molecule has 0 aromatic heterocycles. The molecule has 0 spiro atoms. The van der Waals surface area contributed by atoms with Gasteiger partial charge >= 0.3 is 0 Å². The molecule has 3 aromatic rings. The minimum atomic E-state index is -2.59. The molecular weight excluding hydrogens is 439 g/mol. The van der Waals surface area contributed by atoms with Crippen LogP contribution in [0.3, 0.4) is 0 Å². The monoisotopic (exact) mass is 474 g/mol. The highest BCUT2D eigenvalue weighted by Gasteiger charge is 2.40. The lowest BCUT2D eigenvalue weighted by molar-refractivity contribution is 0.344. The first-order chi connectivity index (χ1) is 16.4. The van der Waals surface area contributed by atoms with Crippen LogP contribution in [0, 0.1) is 0 Å². The standard InChI is InChI=1S/C29H35N2O2P/c1-6-7-21-33-34(23-15-9-8-10-16-23,30-25-18-12-14-20-27(25)32-5)22-28-29(2,3)24-17-11-13-19-26(24)31(28)4/h8-20,22H,6-7,21H2,1-5H3. The minimum absolute atomic E-state index is 0.171. The van der Waals surface area contributed by atoms with Crippen LogP contribution < -0.4 is 14.9 Å². The van der Waals surface area contributed by atoms with Gasteiger partial charge in [-0.05, 0) is 30.2 Å². The zero-order valence-electron chi connectivity index (χ0n) is 20.9. The molecule has 0 radical (unpaired) electrons. The fraction of sp³-hybridized carbons (Fsp3) is 0.310. The Morgan fingerprint density at radius 3 is 2.32 bits per heavy atom. The number of unbranched alkanes of at least 4 members (excludes halogenated alkanes) is 1. The van der Waals surface area contributed by atoms with Gasteiger partial charge in [0.25, 0.3) is 0 Å². The molecular formula is C29H35N2O2P. The van der Waals surface area contributed by atoms with E-state index in [1.54, 1.807) is 7.11 Å². The van der Waals surface area contributed by atoms with Gasteiger partial charge in [0, 0.05) is 35.0 Å². The Hall–Kier alpha value is -2.81. The Morgan fingerprint density at radius 1 is 0.941 bits per heavy atom. The minimum Gasteiger partial charge on any atom is -0.494 e. The summed E-state index contributed by atoms with van der Waals surface area (Å²) in [6.07, 6.45) is 2.05. The molecule has 34 heavy (non-hydrogen) atoms. The highest BCUT2D eigenvalue weighted by Crippen LogP contribution is 2.59. The molecule has 1 atom stereocenters. The molecule has 1 aliphatic heterocycles. The molecule has 1 aliphatic rings. The van der Waals surface area contributed by atoms with Crippen molar-refractivity contribution in [3.8, 4) is 5.75 Å². The first-order valence-corrected chi connectivity index (χ1v) is 13.7. The summed E-state index contributed by atoms with van der Waals surface area (Å²) in [6, 6.07) is 27.1. The lowest BCUT2D eigenvalue weighted by Gasteiger charge is -2.29. The van der Waals surface area contributed by atoms with E-state index in [1.165, 1.54) is 16.9 Å². The molecule has 1 heterocycles. The largest absolute Gasteiger partial charge is 0.494 e. The van der Waals surface area contributed by atoms with E-state index in [1.807, 2.05) is 30.3 Å². The average Bonchev–Trinajstić information content (AvgIpc) is 3.05. The maximum atomic E-state index is 6.85. The Balaban J connectivity index is 2.00. The van der Waals surface area contributed by atoms with Gasteiger partial charge in [0.1, 0.15) is 18.7 Å². The van der Waals surface area contributed by atoms with E-state index in [-0.39, 0.29) is 5.41 Å². The van der Waals surface area contributed by atoms with Crippen molar-refractivity contribution in [3.05, 3.63) is 95.9 Å². The number of allylic oxidation sites excluding steroid dienone is 1. The van der Waals surface area contributed by atoms with E-state index in [9.17, 15) is 0 Å². The van der Waals surface area contributed by atoms with Gasteiger partial charge in [-0.25, -0.2) is 4.74 Å². The molecule has 5 heteroatoms. The van der Waals surface area contributed by atoms with Crippen LogP contribution in [-0.4, -0.2) is 20.8 Å². The van der Waals surface area contributed by atoms with Gasteiger partial charge in [-0.2, -0.15) is 0 Å². The maximum Gasteiger partial charge on any atom is 0.144 e. The number of ether oxygens (including phenoxy) is 1. The molecule has 0 N–H and O–H groups in total. The Labute approximate surface area is 204 Å². The van der Waals surface area contributed by atoms with Crippen molar-refractivity contribution in [3.63, 3.8) is 0 Å². The van der Waals surface area contributed by atoms with Crippen molar-refractivity contribution in [1.82, 2.24) is 0 Å². The van der Waals surface area contributed by atoms with E-state index in [0.717, 1.165) is 29.6 Å². The maximum absolute atomic E-state index is 6.85.